The standard InChI is InChI=1S/C21H21N3OS/c1-3-14-7-6-8-15-16(11-22-21(14)15)18(25)12-24(2)13-20-23-17-9-4-5-10-19(17)26-20/h4-11,22H,3,12-13H2,1-2H3. The van der Waals surface area contributed by atoms with Gasteiger partial charge in [-0.25, -0.2) is 4.98 Å². The Morgan fingerprint density at radius 2 is 2.04 bits per heavy atom. The first kappa shape index (κ1) is 16.9. The number of fused-ring (bicyclic) bond motifs is 2. The Hall–Kier alpha value is -2.50. The van der Waals surface area contributed by atoms with Gasteiger partial charge in [-0.05, 0) is 31.2 Å². The van der Waals surface area contributed by atoms with E-state index in [-0.39, 0.29) is 5.78 Å². The number of H-pyrrole nitrogens is 1. The molecule has 2 aromatic heterocycles. The summed E-state index contributed by atoms with van der Waals surface area (Å²) in [6.07, 6.45) is 2.79. The lowest BCUT2D eigenvalue weighted by Crippen LogP contribution is -2.25. The number of nitrogens with zero attached hydrogens (tertiary/aromatic N) is 2. The third-order valence-corrected chi connectivity index (χ3v) is 5.66. The molecule has 0 atom stereocenters. The third kappa shape index (κ3) is 3.16. The molecule has 4 rings (SSSR count). The van der Waals surface area contributed by atoms with Crippen LogP contribution in [-0.4, -0.2) is 34.2 Å². The molecule has 26 heavy (non-hydrogen) atoms. The summed E-state index contributed by atoms with van der Waals surface area (Å²) in [6.45, 7) is 3.18. The summed E-state index contributed by atoms with van der Waals surface area (Å²) in [7, 11) is 1.97. The molecule has 0 spiro atoms. The monoisotopic (exact) mass is 363 g/mol. The number of nitrogens with one attached hydrogen (secondary N) is 1. The Kier molecular flexibility index (Phi) is 4.57. The fourth-order valence-electron chi connectivity index (χ4n) is 3.35. The van der Waals surface area contributed by atoms with Crippen molar-refractivity contribution in [1.29, 1.82) is 0 Å². The van der Waals surface area contributed by atoms with Crippen LogP contribution in [0, 0.1) is 0 Å². The predicted octanol–water partition coefficient (Wildman–Crippen LogP) is 4.65. The second-order valence-corrected chi connectivity index (χ2v) is 7.68. The average Bonchev–Trinajstić information content (AvgIpc) is 3.24. The molecule has 0 saturated heterocycles. The van der Waals surface area contributed by atoms with E-state index in [4.69, 9.17) is 0 Å². The molecule has 0 aliphatic carbocycles. The van der Waals surface area contributed by atoms with Crippen molar-refractivity contribution in [2.75, 3.05) is 13.6 Å². The van der Waals surface area contributed by atoms with Crippen LogP contribution in [-0.2, 0) is 13.0 Å². The number of Topliss-reactive ketones (excluding diaryl/α,β-unsaturated/α-hetero) is 1. The van der Waals surface area contributed by atoms with Crippen molar-refractivity contribution >= 4 is 38.2 Å². The van der Waals surface area contributed by atoms with Crippen molar-refractivity contribution in [3.05, 3.63) is 64.8 Å². The Morgan fingerprint density at radius 1 is 1.19 bits per heavy atom. The lowest BCUT2D eigenvalue weighted by Gasteiger charge is -2.13. The van der Waals surface area contributed by atoms with Crippen molar-refractivity contribution in [1.82, 2.24) is 14.9 Å². The number of benzene rings is 2. The van der Waals surface area contributed by atoms with E-state index in [1.54, 1.807) is 11.3 Å². The molecule has 0 radical (unpaired) electrons. The van der Waals surface area contributed by atoms with Crippen LogP contribution >= 0.6 is 11.3 Å². The molecule has 2 heterocycles. The second kappa shape index (κ2) is 7.02. The van der Waals surface area contributed by atoms with Crippen LogP contribution in [0.5, 0.6) is 0 Å². The summed E-state index contributed by atoms with van der Waals surface area (Å²) in [5, 5.41) is 2.05. The van der Waals surface area contributed by atoms with E-state index in [1.807, 2.05) is 48.5 Å². The number of carbonyl (C=O) groups is 1. The molecule has 5 heteroatoms. The predicted molar refractivity (Wildman–Crippen MR) is 108 cm³/mol. The van der Waals surface area contributed by atoms with Gasteiger partial charge in [0.2, 0.25) is 0 Å². The number of carbonyl (C=O) groups excluding carboxylic acids is 1. The molecule has 2 aromatic carbocycles. The van der Waals surface area contributed by atoms with Gasteiger partial charge in [-0.1, -0.05) is 37.3 Å². The number of para-hydroxylation sites is 2. The van der Waals surface area contributed by atoms with Gasteiger partial charge in [0.15, 0.2) is 5.78 Å². The molecular weight excluding hydrogens is 342 g/mol. The van der Waals surface area contributed by atoms with Crippen molar-refractivity contribution in [3.8, 4) is 0 Å². The number of ketones is 1. The van der Waals surface area contributed by atoms with Gasteiger partial charge < -0.3 is 4.98 Å². The number of hydrogen-bond donors (Lipinski definition) is 1. The molecule has 0 aliphatic rings. The minimum atomic E-state index is 0.133. The fourth-order valence-corrected chi connectivity index (χ4v) is 4.39. The summed E-state index contributed by atoms with van der Waals surface area (Å²) in [4.78, 5) is 22.8. The number of rotatable bonds is 6. The Labute approximate surface area is 156 Å². The first-order chi connectivity index (χ1) is 12.7. The number of likely N-dealkylation sites (N-methyl/N-ethyl adjacent to an activating group) is 1. The highest BCUT2D eigenvalue weighted by Crippen LogP contribution is 2.24. The first-order valence-corrected chi connectivity index (χ1v) is 9.62. The van der Waals surface area contributed by atoms with Crippen molar-refractivity contribution in [2.24, 2.45) is 0 Å². The maximum absolute atomic E-state index is 12.8. The summed E-state index contributed by atoms with van der Waals surface area (Å²) < 4.78 is 1.19. The van der Waals surface area contributed by atoms with Crippen LogP contribution < -0.4 is 0 Å². The molecule has 4 aromatic rings. The van der Waals surface area contributed by atoms with Crippen LogP contribution in [0.25, 0.3) is 21.1 Å². The molecule has 0 bridgehead atoms. The SMILES string of the molecule is CCc1cccc2c(C(=O)CN(C)Cc3nc4ccccc4s3)c[nH]c12. The lowest BCUT2D eigenvalue weighted by molar-refractivity contribution is 0.0944. The van der Waals surface area contributed by atoms with Crippen LogP contribution in [0.4, 0.5) is 0 Å². The van der Waals surface area contributed by atoms with Gasteiger partial charge in [0.1, 0.15) is 5.01 Å². The number of aromatic nitrogens is 2. The number of hydrogen-bond acceptors (Lipinski definition) is 4. The molecule has 0 saturated carbocycles. The van der Waals surface area contributed by atoms with Crippen LogP contribution in [0.2, 0.25) is 0 Å². The van der Waals surface area contributed by atoms with Crippen LogP contribution in [0.1, 0.15) is 27.9 Å². The van der Waals surface area contributed by atoms with E-state index in [0.29, 0.717) is 13.1 Å². The van der Waals surface area contributed by atoms with E-state index in [9.17, 15) is 4.79 Å². The second-order valence-electron chi connectivity index (χ2n) is 6.57. The zero-order chi connectivity index (χ0) is 18.1. The maximum atomic E-state index is 12.8. The zero-order valence-electron chi connectivity index (χ0n) is 15.0. The summed E-state index contributed by atoms with van der Waals surface area (Å²) in [6, 6.07) is 14.3. The highest BCUT2D eigenvalue weighted by Gasteiger charge is 2.16. The molecule has 1 N–H and O–H groups in total. The van der Waals surface area contributed by atoms with Crippen molar-refractivity contribution < 1.29 is 4.79 Å². The number of aromatic amines is 1. The van der Waals surface area contributed by atoms with Gasteiger partial charge in [0.05, 0.1) is 23.3 Å². The minimum Gasteiger partial charge on any atom is -0.360 e. The summed E-state index contributed by atoms with van der Waals surface area (Å²) in [5.41, 5.74) is 4.11. The third-order valence-electron chi connectivity index (χ3n) is 4.64. The largest absolute Gasteiger partial charge is 0.360 e. The topological polar surface area (TPSA) is 49.0 Å². The Morgan fingerprint density at radius 3 is 2.85 bits per heavy atom. The van der Waals surface area contributed by atoms with Gasteiger partial charge in [0.25, 0.3) is 0 Å². The summed E-state index contributed by atoms with van der Waals surface area (Å²) >= 11 is 1.69. The zero-order valence-corrected chi connectivity index (χ0v) is 15.8. The van der Waals surface area contributed by atoms with E-state index in [1.165, 1.54) is 10.3 Å². The molecule has 132 valence electrons. The molecule has 0 unspecified atom stereocenters. The van der Waals surface area contributed by atoms with Crippen LogP contribution in [0.15, 0.2) is 48.7 Å². The van der Waals surface area contributed by atoms with Crippen LogP contribution in [0.3, 0.4) is 0 Å². The highest BCUT2D eigenvalue weighted by atomic mass is 32.1. The minimum absolute atomic E-state index is 0.133. The van der Waals surface area contributed by atoms with Gasteiger partial charge in [-0.2, -0.15) is 0 Å². The van der Waals surface area contributed by atoms with Crippen molar-refractivity contribution in [2.45, 2.75) is 19.9 Å². The summed E-state index contributed by atoms with van der Waals surface area (Å²) in [5.74, 6) is 0.133. The fraction of sp³-hybridized carbons (Fsp3) is 0.238. The van der Waals surface area contributed by atoms with E-state index >= 15 is 0 Å². The molecule has 0 aliphatic heterocycles. The average molecular weight is 363 g/mol. The van der Waals surface area contributed by atoms with E-state index < -0.39 is 0 Å². The number of aryl methyl sites for hydroxylation is 1. The quantitative estimate of drug-likeness (QED) is 0.507. The maximum Gasteiger partial charge on any atom is 0.178 e. The molecule has 0 fully saturated rings. The Bertz CT molecular complexity index is 1050. The normalized spacial score (nSPS) is 11.7. The first-order valence-electron chi connectivity index (χ1n) is 8.81. The smallest absolute Gasteiger partial charge is 0.178 e. The van der Waals surface area contributed by atoms with Gasteiger partial charge in [-0.3, -0.25) is 9.69 Å². The lowest BCUT2D eigenvalue weighted by atomic mass is 10.0. The van der Waals surface area contributed by atoms with Crippen molar-refractivity contribution in [3.63, 3.8) is 0 Å². The highest BCUT2D eigenvalue weighted by molar-refractivity contribution is 7.18. The molecule has 4 nitrogen and oxygen atoms in total. The Balaban J connectivity index is 1.50. The molecular formula is C21H21N3OS. The van der Waals surface area contributed by atoms with Gasteiger partial charge >= 0.3 is 0 Å². The van der Waals surface area contributed by atoms with E-state index in [2.05, 4.69) is 29.0 Å². The van der Waals surface area contributed by atoms with E-state index in [0.717, 1.165) is 33.4 Å². The molecule has 0 amide bonds. The van der Waals surface area contributed by atoms with Gasteiger partial charge in [0, 0.05) is 22.7 Å². The van der Waals surface area contributed by atoms with Gasteiger partial charge in [-0.15, -0.1) is 11.3 Å². The number of thiazole rings is 1.